The molecule has 4 N–H and O–H groups in total. The number of hydrogen-bond acceptors (Lipinski definition) is 9. The van der Waals surface area contributed by atoms with Crippen LogP contribution in [0, 0.1) is 35.0 Å². The van der Waals surface area contributed by atoms with E-state index in [4.69, 9.17) is 9.57 Å². The third kappa shape index (κ3) is 10.4. The highest BCUT2D eigenvalue weighted by Crippen LogP contribution is 2.47. The Labute approximate surface area is 331 Å². The molecule has 55 heavy (non-hydrogen) atoms. The first-order valence-electron chi connectivity index (χ1n) is 20.3. The largest absolute Gasteiger partial charge is 0.496 e. The molecule has 11 heteroatoms. The van der Waals surface area contributed by atoms with Crippen molar-refractivity contribution < 1.29 is 29.4 Å². The molecular weight excluding hydrogens is 695 g/mol. The fourth-order valence-electron chi connectivity index (χ4n) is 8.71. The second-order valence-corrected chi connectivity index (χ2v) is 17.9. The average Bonchev–Trinajstić information content (AvgIpc) is 3.50. The summed E-state index contributed by atoms with van der Waals surface area (Å²) in [6.45, 7) is 18.0. The minimum absolute atomic E-state index is 0.0305. The van der Waals surface area contributed by atoms with Crippen LogP contribution in [0.3, 0.4) is 0 Å². The van der Waals surface area contributed by atoms with E-state index >= 15 is 0 Å². The van der Waals surface area contributed by atoms with E-state index in [1.54, 1.807) is 19.1 Å². The van der Waals surface area contributed by atoms with Crippen LogP contribution in [-0.2, 0) is 16.2 Å². The summed E-state index contributed by atoms with van der Waals surface area (Å²) in [5.41, 5.74) is 3.94. The van der Waals surface area contributed by atoms with Crippen LogP contribution in [0.1, 0.15) is 90.6 Å². The SMILES string of the molecule is COc1c(CN2O[C@@H](CO)[C@@H]([C@H](C)O)[C@H]2C(=O)N[C@H]2C[C@@H](C)C(C)(C)[C@@H](C)[C@@H]2C)cccc1-c1cc(C(=O)N[C@H](CCN(C)C)CC(C)C)cc(N(C)C)c1. The predicted molar refractivity (Wildman–Crippen MR) is 221 cm³/mol. The van der Waals surface area contributed by atoms with Gasteiger partial charge in [0, 0.05) is 54.5 Å². The van der Waals surface area contributed by atoms with Gasteiger partial charge in [0.1, 0.15) is 17.9 Å². The summed E-state index contributed by atoms with van der Waals surface area (Å²) in [6.07, 6.45) is 0.926. The summed E-state index contributed by atoms with van der Waals surface area (Å²) >= 11 is 0. The first-order chi connectivity index (χ1) is 25.8. The molecule has 1 saturated carbocycles. The van der Waals surface area contributed by atoms with Crippen molar-refractivity contribution in [3.05, 3.63) is 47.5 Å². The highest BCUT2D eigenvalue weighted by molar-refractivity contribution is 5.97. The number of carbonyl (C=O) groups excluding carboxylic acids is 2. The van der Waals surface area contributed by atoms with Gasteiger partial charge in [0.15, 0.2) is 0 Å². The number of methoxy groups -OCH3 is 1. The lowest BCUT2D eigenvalue weighted by Crippen LogP contribution is -2.56. The molecule has 1 heterocycles. The van der Waals surface area contributed by atoms with Crippen molar-refractivity contribution >= 4 is 17.5 Å². The van der Waals surface area contributed by atoms with E-state index in [-0.39, 0.29) is 48.4 Å². The number of amides is 2. The monoisotopic (exact) mass is 766 g/mol. The van der Waals surface area contributed by atoms with Crippen LogP contribution < -0.4 is 20.3 Å². The number of ether oxygens (including phenoxy) is 1. The number of anilines is 1. The number of hydroxylamine groups is 2. The van der Waals surface area contributed by atoms with Crippen molar-refractivity contribution in [2.24, 2.45) is 35.0 Å². The van der Waals surface area contributed by atoms with E-state index in [9.17, 15) is 19.8 Å². The number of aliphatic hydroxyl groups is 2. The van der Waals surface area contributed by atoms with Gasteiger partial charge < -0.3 is 35.4 Å². The zero-order valence-corrected chi connectivity index (χ0v) is 35.8. The van der Waals surface area contributed by atoms with Crippen LogP contribution >= 0.6 is 0 Å². The Kier molecular flexibility index (Phi) is 15.2. The normalized spacial score (nSPS) is 26.5. The molecule has 0 unspecified atom stereocenters. The summed E-state index contributed by atoms with van der Waals surface area (Å²) in [5, 5.41) is 29.7. The molecule has 2 aromatic carbocycles. The van der Waals surface area contributed by atoms with Gasteiger partial charge in [-0.25, -0.2) is 0 Å². The van der Waals surface area contributed by atoms with Crippen LogP contribution in [0.4, 0.5) is 5.69 Å². The molecule has 11 nitrogen and oxygen atoms in total. The molecular formula is C44H71N5O6. The lowest BCUT2D eigenvalue weighted by molar-refractivity contribution is -0.182. The zero-order valence-electron chi connectivity index (χ0n) is 35.8. The molecule has 0 spiro atoms. The van der Waals surface area contributed by atoms with E-state index in [2.05, 4.69) is 64.0 Å². The maximum absolute atomic E-state index is 14.4. The Morgan fingerprint density at radius 3 is 2.35 bits per heavy atom. The van der Waals surface area contributed by atoms with Crippen LogP contribution in [0.25, 0.3) is 11.1 Å². The van der Waals surface area contributed by atoms with Crippen molar-refractivity contribution in [1.82, 2.24) is 20.6 Å². The van der Waals surface area contributed by atoms with Crippen LogP contribution in [-0.4, -0.2) is 111 Å². The van der Waals surface area contributed by atoms with Crippen molar-refractivity contribution in [3.63, 3.8) is 0 Å². The minimum atomic E-state index is -0.909. The fourth-order valence-corrected chi connectivity index (χ4v) is 8.71. The molecule has 0 bridgehead atoms. The summed E-state index contributed by atoms with van der Waals surface area (Å²) in [5.74, 6) is 1.09. The van der Waals surface area contributed by atoms with Gasteiger partial charge in [-0.15, -0.1) is 0 Å². The number of nitrogens with one attached hydrogen (secondary N) is 2. The summed E-state index contributed by atoms with van der Waals surface area (Å²) < 4.78 is 6.11. The Balaban J connectivity index is 1.68. The number of nitrogens with zero attached hydrogens (tertiary/aromatic N) is 3. The Hall–Kier alpha value is -3.22. The van der Waals surface area contributed by atoms with Gasteiger partial charge in [-0.1, -0.05) is 66.7 Å². The number of benzene rings is 2. The molecule has 2 amide bonds. The van der Waals surface area contributed by atoms with Gasteiger partial charge in [0.2, 0.25) is 5.91 Å². The molecule has 1 saturated heterocycles. The second-order valence-electron chi connectivity index (χ2n) is 17.9. The van der Waals surface area contributed by atoms with E-state index < -0.39 is 24.2 Å². The molecule has 1 aliphatic heterocycles. The molecule has 308 valence electrons. The summed E-state index contributed by atoms with van der Waals surface area (Å²) in [7, 11) is 9.61. The third-order valence-electron chi connectivity index (χ3n) is 12.8. The molecule has 2 aromatic rings. The molecule has 2 fully saturated rings. The Morgan fingerprint density at radius 1 is 1.07 bits per heavy atom. The van der Waals surface area contributed by atoms with Crippen molar-refractivity contribution in [2.45, 2.75) is 112 Å². The lowest BCUT2D eigenvalue weighted by atomic mass is 9.58. The number of aliphatic hydroxyl groups excluding tert-OH is 2. The van der Waals surface area contributed by atoms with Crippen LogP contribution in [0.2, 0.25) is 0 Å². The summed E-state index contributed by atoms with van der Waals surface area (Å²) in [6, 6.07) is 10.9. The van der Waals surface area contributed by atoms with E-state index in [1.807, 2.05) is 69.5 Å². The van der Waals surface area contributed by atoms with E-state index in [0.29, 0.717) is 29.1 Å². The second kappa shape index (κ2) is 18.8. The standard InChI is InChI=1S/C44H71N5O6/c1-26(2)19-34(17-18-47(9)10)45-42(52)33-21-32(22-35(23-33)48(11)12)36-16-14-15-31(41(36)54-13)24-49-40(39(30(6)51)38(25-50)55-49)43(53)46-37-20-27(3)44(7,8)29(5)28(37)4/h14-16,21-23,26-30,34,37-40,50-51H,17-20,24-25H2,1-13H3,(H,45,52)(H,46,53)/t27-,28+,29+,30+,34-,37+,38+,39-,40+/m1/s1. The third-order valence-corrected chi connectivity index (χ3v) is 12.8. The molecule has 0 aromatic heterocycles. The zero-order chi connectivity index (χ0) is 40.9. The van der Waals surface area contributed by atoms with Gasteiger partial charge in [0.25, 0.3) is 5.91 Å². The first-order valence-corrected chi connectivity index (χ1v) is 20.3. The molecule has 0 radical (unpaired) electrons. The number of carbonyl (C=O) groups is 2. The van der Waals surface area contributed by atoms with Crippen molar-refractivity contribution in [3.8, 4) is 16.9 Å². The van der Waals surface area contributed by atoms with Gasteiger partial charge >= 0.3 is 0 Å². The van der Waals surface area contributed by atoms with Crippen LogP contribution in [0.5, 0.6) is 5.75 Å². The van der Waals surface area contributed by atoms with Gasteiger partial charge in [-0.05, 0) is 99.7 Å². The fraction of sp³-hybridized carbons (Fsp3) is 0.682. The highest BCUT2D eigenvalue weighted by atomic mass is 16.7. The quantitative estimate of drug-likeness (QED) is 0.167. The first kappa shape index (κ1) is 44.5. The lowest BCUT2D eigenvalue weighted by Gasteiger charge is -2.50. The van der Waals surface area contributed by atoms with Crippen LogP contribution in [0.15, 0.2) is 36.4 Å². The maximum atomic E-state index is 14.4. The van der Waals surface area contributed by atoms with Gasteiger partial charge in [-0.3, -0.25) is 14.4 Å². The number of hydrogen-bond donors (Lipinski definition) is 4. The predicted octanol–water partition coefficient (Wildman–Crippen LogP) is 5.82. The van der Waals surface area contributed by atoms with Crippen molar-refractivity contribution in [2.75, 3.05) is 53.4 Å². The molecule has 2 aliphatic rings. The molecule has 9 atom stereocenters. The molecule has 4 rings (SSSR count). The smallest absolute Gasteiger partial charge is 0.251 e. The number of para-hydroxylation sites is 1. The van der Waals surface area contributed by atoms with E-state index in [1.165, 1.54) is 0 Å². The number of rotatable bonds is 16. The summed E-state index contributed by atoms with van der Waals surface area (Å²) in [4.78, 5) is 38.7. The highest BCUT2D eigenvalue weighted by Gasteiger charge is 2.51. The van der Waals surface area contributed by atoms with E-state index in [0.717, 1.165) is 48.2 Å². The topological polar surface area (TPSA) is 127 Å². The van der Waals surface area contributed by atoms with Gasteiger partial charge in [-0.2, -0.15) is 5.06 Å². The average molecular weight is 766 g/mol. The Bertz CT molecular complexity index is 1590. The minimum Gasteiger partial charge on any atom is -0.496 e. The Morgan fingerprint density at radius 2 is 1.76 bits per heavy atom. The van der Waals surface area contributed by atoms with Crippen molar-refractivity contribution in [1.29, 1.82) is 0 Å². The molecule has 1 aliphatic carbocycles. The maximum Gasteiger partial charge on any atom is 0.251 e. The van der Waals surface area contributed by atoms with Gasteiger partial charge in [0.05, 0.1) is 26.4 Å².